The lowest BCUT2D eigenvalue weighted by molar-refractivity contribution is -0.688. The first-order valence-electron chi connectivity index (χ1n) is 7.19. The Labute approximate surface area is 128 Å². The molecule has 0 unspecified atom stereocenters. The van der Waals surface area contributed by atoms with Crippen molar-refractivity contribution in [2.24, 2.45) is 0 Å². The smallest absolute Gasteiger partial charge is 0.277 e. The standard InChI is InChI=1S/C14H20N2O6/c1-9(2)15-7-11(17)8-22-13-6-10(16(18)19)5-12-14(13)21-4-3-20-12/h5-6,9,11,15,17H,3-4,7-8H2,1-2H3/p+1/t11-/m1/s1. The van der Waals surface area contributed by atoms with Crippen LogP contribution in [0.4, 0.5) is 5.69 Å². The number of fused-ring (bicyclic) bond motifs is 1. The quantitative estimate of drug-likeness (QED) is 0.545. The largest absolute Gasteiger partial charge is 0.486 e. The van der Waals surface area contributed by atoms with Crippen LogP contribution in [0.15, 0.2) is 12.1 Å². The lowest BCUT2D eigenvalue weighted by Crippen LogP contribution is -2.90. The molecule has 0 aliphatic carbocycles. The summed E-state index contributed by atoms with van der Waals surface area (Å²) in [5.41, 5.74) is -0.137. The van der Waals surface area contributed by atoms with Crippen LogP contribution in [0, 0.1) is 10.1 Å². The monoisotopic (exact) mass is 313 g/mol. The molecule has 1 heterocycles. The number of hydrogen-bond acceptors (Lipinski definition) is 6. The average Bonchev–Trinajstić information content (AvgIpc) is 2.50. The zero-order valence-electron chi connectivity index (χ0n) is 12.7. The lowest BCUT2D eigenvalue weighted by atomic mass is 10.2. The first-order valence-corrected chi connectivity index (χ1v) is 7.19. The molecule has 1 aromatic rings. The van der Waals surface area contributed by atoms with Gasteiger partial charge in [0.25, 0.3) is 5.69 Å². The second-order valence-corrected chi connectivity index (χ2v) is 5.41. The molecule has 2 rings (SSSR count). The Morgan fingerprint density at radius 3 is 2.82 bits per heavy atom. The molecule has 0 bridgehead atoms. The summed E-state index contributed by atoms with van der Waals surface area (Å²) in [6.07, 6.45) is -0.679. The number of nitro groups is 1. The fourth-order valence-corrected chi connectivity index (χ4v) is 2.00. The maximum atomic E-state index is 11.0. The van der Waals surface area contributed by atoms with Crippen molar-refractivity contribution in [1.29, 1.82) is 0 Å². The predicted octanol–water partition coefficient (Wildman–Crippen LogP) is 0.0775. The highest BCUT2D eigenvalue weighted by Crippen LogP contribution is 2.42. The minimum Gasteiger partial charge on any atom is -0.486 e. The van der Waals surface area contributed by atoms with Crippen LogP contribution in [0.25, 0.3) is 0 Å². The second kappa shape index (κ2) is 7.28. The molecule has 0 saturated heterocycles. The topological polar surface area (TPSA) is 108 Å². The van der Waals surface area contributed by atoms with Gasteiger partial charge in [0.1, 0.15) is 32.5 Å². The molecule has 8 nitrogen and oxygen atoms in total. The van der Waals surface area contributed by atoms with Crippen LogP contribution < -0.4 is 19.5 Å². The van der Waals surface area contributed by atoms with E-state index in [-0.39, 0.29) is 18.0 Å². The zero-order chi connectivity index (χ0) is 16.1. The van der Waals surface area contributed by atoms with E-state index in [1.54, 1.807) is 0 Å². The van der Waals surface area contributed by atoms with E-state index < -0.39 is 11.0 Å². The van der Waals surface area contributed by atoms with Crippen molar-refractivity contribution in [3.05, 3.63) is 22.2 Å². The van der Waals surface area contributed by atoms with Gasteiger partial charge in [-0.15, -0.1) is 0 Å². The van der Waals surface area contributed by atoms with Crippen LogP contribution in [0.2, 0.25) is 0 Å². The molecule has 0 aromatic heterocycles. The normalized spacial score (nSPS) is 14.7. The molecule has 8 heteroatoms. The van der Waals surface area contributed by atoms with Gasteiger partial charge in [0.15, 0.2) is 11.5 Å². The molecule has 0 saturated carbocycles. The first-order chi connectivity index (χ1) is 10.5. The zero-order valence-corrected chi connectivity index (χ0v) is 12.7. The number of quaternary nitrogens is 1. The van der Waals surface area contributed by atoms with Gasteiger partial charge in [0, 0.05) is 0 Å². The van der Waals surface area contributed by atoms with Crippen molar-refractivity contribution < 1.29 is 29.6 Å². The van der Waals surface area contributed by atoms with Crippen molar-refractivity contribution in [3.8, 4) is 17.2 Å². The average molecular weight is 313 g/mol. The molecule has 1 aliphatic heterocycles. The van der Waals surface area contributed by atoms with Crippen molar-refractivity contribution in [1.82, 2.24) is 0 Å². The number of nitro benzene ring substituents is 1. The third kappa shape index (κ3) is 4.22. The van der Waals surface area contributed by atoms with Crippen molar-refractivity contribution >= 4 is 5.69 Å². The van der Waals surface area contributed by atoms with Crippen LogP contribution in [0.3, 0.4) is 0 Å². The molecular weight excluding hydrogens is 292 g/mol. The Morgan fingerprint density at radius 1 is 1.41 bits per heavy atom. The van der Waals surface area contributed by atoms with E-state index in [2.05, 4.69) is 0 Å². The van der Waals surface area contributed by atoms with E-state index in [9.17, 15) is 15.2 Å². The number of rotatable bonds is 7. The van der Waals surface area contributed by atoms with E-state index >= 15 is 0 Å². The molecule has 1 atom stereocenters. The molecule has 1 aliphatic rings. The summed E-state index contributed by atoms with van der Waals surface area (Å²) in [6, 6.07) is 2.97. The number of ether oxygens (including phenoxy) is 3. The predicted molar refractivity (Wildman–Crippen MR) is 77.5 cm³/mol. The Balaban J connectivity index is 2.08. The molecular formula is C14H21N2O6+. The number of aliphatic hydroxyl groups is 1. The van der Waals surface area contributed by atoms with Gasteiger partial charge in [0.2, 0.25) is 5.75 Å². The first kappa shape index (κ1) is 16.3. The lowest BCUT2D eigenvalue weighted by Gasteiger charge is -2.21. The summed E-state index contributed by atoms with van der Waals surface area (Å²) in [7, 11) is 0. The minimum atomic E-state index is -0.679. The SMILES string of the molecule is CC(C)[NH2+]C[C@@H](O)COc1cc([N+](=O)[O-])cc2c1OCCO2. The third-order valence-corrected chi connectivity index (χ3v) is 3.11. The maximum absolute atomic E-state index is 11.0. The van der Waals surface area contributed by atoms with E-state index in [1.165, 1.54) is 12.1 Å². The Morgan fingerprint density at radius 2 is 2.14 bits per heavy atom. The molecule has 22 heavy (non-hydrogen) atoms. The maximum Gasteiger partial charge on any atom is 0.277 e. The highest BCUT2D eigenvalue weighted by Gasteiger charge is 2.23. The molecule has 122 valence electrons. The van der Waals surface area contributed by atoms with E-state index in [4.69, 9.17) is 14.2 Å². The summed E-state index contributed by atoms with van der Waals surface area (Å²) in [5, 5.41) is 22.8. The molecule has 0 amide bonds. The molecule has 0 radical (unpaired) electrons. The number of nitrogens with two attached hydrogens (primary N) is 1. The van der Waals surface area contributed by atoms with E-state index in [1.807, 2.05) is 19.2 Å². The number of non-ortho nitro benzene ring substituents is 1. The highest BCUT2D eigenvalue weighted by molar-refractivity contribution is 5.58. The fourth-order valence-electron chi connectivity index (χ4n) is 2.00. The van der Waals surface area contributed by atoms with Gasteiger partial charge < -0.3 is 24.6 Å². The number of benzene rings is 1. The van der Waals surface area contributed by atoms with Crippen LogP contribution in [0.5, 0.6) is 17.2 Å². The summed E-state index contributed by atoms with van der Waals surface area (Å²) >= 11 is 0. The summed E-state index contributed by atoms with van der Waals surface area (Å²) < 4.78 is 16.3. The van der Waals surface area contributed by atoms with Crippen LogP contribution >= 0.6 is 0 Å². The number of hydrogen-bond donors (Lipinski definition) is 2. The molecule has 3 N–H and O–H groups in total. The van der Waals surface area contributed by atoms with Crippen molar-refractivity contribution in [2.75, 3.05) is 26.4 Å². The molecule has 0 spiro atoms. The molecule has 1 aromatic carbocycles. The Bertz CT molecular complexity index is 534. The van der Waals surface area contributed by atoms with Gasteiger partial charge in [-0.2, -0.15) is 0 Å². The van der Waals surface area contributed by atoms with Gasteiger partial charge in [0.05, 0.1) is 23.1 Å². The highest BCUT2D eigenvalue weighted by atomic mass is 16.6. The van der Waals surface area contributed by atoms with Crippen molar-refractivity contribution in [3.63, 3.8) is 0 Å². The van der Waals surface area contributed by atoms with Crippen molar-refractivity contribution in [2.45, 2.75) is 26.0 Å². The van der Waals surface area contributed by atoms with Gasteiger partial charge in [-0.05, 0) is 13.8 Å². The molecule has 0 fully saturated rings. The fraction of sp³-hybridized carbons (Fsp3) is 0.571. The summed E-state index contributed by atoms with van der Waals surface area (Å²) in [4.78, 5) is 10.4. The van der Waals surface area contributed by atoms with Crippen LogP contribution in [-0.4, -0.2) is 48.5 Å². The van der Waals surface area contributed by atoms with Gasteiger partial charge in [-0.1, -0.05) is 0 Å². The van der Waals surface area contributed by atoms with E-state index in [0.29, 0.717) is 37.3 Å². The number of nitrogens with zero attached hydrogens (tertiary/aromatic N) is 1. The summed E-state index contributed by atoms with van der Waals surface area (Å²) in [5.74, 6) is 0.850. The van der Waals surface area contributed by atoms with Crippen LogP contribution in [-0.2, 0) is 0 Å². The Kier molecular flexibility index (Phi) is 5.40. The minimum absolute atomic E-state index is 0.0280. The third-order valence-electron chi connectivity index (χ3n) is 3.11. The van der Waals surface area contributed by atoms with Gasteiger partial charge in [-0.25, -0.2) is 0 Å². The van der Waals surface area contributed by atoms with Gasteiger partial charge >= 0.3 is 0 Å². The number of aliphatic hydroxyl groups excluding tert-OH is 1. The van der Waals surface area contributed by atoms with E-state index in [0.717, 1.165) is 0 Å². The van der Waals surface area contributed by atoms with Gasteiger partial charge in [-0.3, -0.25) is 10.1 Å². The Hall–Kier alpha value is -2.06. The second-order valence-electron chi connectivity index (χ2n) is 5.41. The summed E-state index contributed by atoms with van der Waals surface area (Å²) in [6.45, 7) is 5.25. The van der Waals surface area contributed by atoms with Crippen LogP contribution in [0.1, 0.15) is 13.8 Å².